The fraction of sp³-hybridized carbons (Fsp3) is 0.100. The van der Waals surface area contributed by atoms with Crippen LogP contribution in [-0.2, 0) is 0 Å². The Morgan fingerprint density at radius 1 is 1.64 bits per heavy atom. The van der Waals surface area contributed by atoms with E-state index in [0.29, 0.717) is 6.54 Å². The number of nitrogens with one attached hydrogen (secondary N) is 1. The molecule has 1 aromatic carbocycles. The van der Waals surface area contributed by atoms with E-state index in [2.05, 4.69) is 11.9 Å². The van der Waals surface area contributed by atoms with Gasteiger partial charge in [0.25, 0.3) is 0 Å². The van der Waals surface area contributed by atoms with E-state index < -0.39 is 11.8 Å². The lowest BCUT2D eigenvalue weighted by Crippen LogP contribution is -2.08. The van der Waals surface area contributed by atoms with Crippen molar-refractivity contribution in [2.45, 2.75) is 0 Å². The van der Waals surface area contributed by atoms with Crippen LogP contribution in [0.4, 0.5) is 10.1 Å². The molecule has 0 saturated carbocycles. The second kappa shape index (κ2) is 4.41. The summed E-state index contributed by atoms with van der Waals surface area (Å²) in [5, 5.41) is 11.5. The lowest BCUT2D eigenvalue weighted by Gasteiger charge is -2.07. The molecule has 74 valence electrons. The Bertz CT molecular complexity index is 363. The van der Waals surface area contributed by atoms with Crippen LogP contribution in [0.15, 0.2) is 30.9 Å². The number of aromatic carboxylic acids is 1. The van der Waals surface area contributed by atoms with Crippen LogP contribution in [0.2, 0.25) is 0 Å². The van der Waals surface area contributed by atoms with Crippen LogP contribution < -0.4 is 5.32 Å². The number of hydrogen-bond acceptors (Lipinski definition) is 2. The predicted molar refractivity (Wildman–Crippen MR) is 52.0 cm³/mol. The first-order valence-corrected chi connectivity index (χ1v) is 4.03. The van der Waals surface area contributed by atoms with Crippen LogP contribution in [0.3, 0.4) is 0 Å². The Hall–Kier alpha value is -1.84. The van der Waals surface area contributed by atoms with Crippen LogP contribution >= 0.6 is 0 Å². The van der Waals surface area contributed by atoms with Gasteiger partial charge in [0.05, 0.1) is 5.69 Å². The third-order valence-electron chi connectivity index (χ3n) is 1.66. The van der Waals surface area contributed by atoms with Crippen molar-refractivity contribution in [1.29, 1.82) is 0 Å². The van der Waals surface area contributed by atoms with Gasteiger partial charge in [-0.15, -0.1) is 6.58 Å². The van der Waals surface area contributed by atoms with E-state index in [0.717, 1.165) is 6.07 Å². The van der Waals surface area contributed by atoms with Gasteiger partial charge >= 0.3 is 5.97 Å². The SMILES string of the molecule is C=CCNc1cccc(F)c1C(=O)O. The first-order chi connectivity index (χ1) is 6.66. The monoisotopic (exact) mass is 195 g/mol. The normalized spacial score (nSPS) is 9.50. The summed E-state index contributed by atoms with van der Waals surface area (Å²) in [5.74, 6) is -2.03. The number of anilines is 1. The lowest BCUT2D eigenvalue weighted by molar-refractivity contribution is 0.0693. The highest BCUT2D eigenvalue weighted by Gasteiger charge is 2.14. The molecule has 0 aromatic heterocycles. The maximum absolute atomic E-state index is 13.1. The highest BCUT2D eigenvalue weighted by molar-refractivity contribution is 5.94. The largest absolute Gasteiger partial charge is 0.478 e. The van der Waals surface area contributed by atoms with E-state index in [9.17, 15) is 9.18 Å². The molecule has 4 heteroatoms. The zero-order chi connectivity index (χ0) is 10.6. The second-order valence-electron chi connectivity index (χ2n) is 2.64. The zero-order valence-electron chi connectivity index (χ0n) is 7.46. The van der Waals surface area contributed by atoms with Crippen LogP contribution in [0.5, 0.6) is 0 Å². The van der Waals surface area contributed by atoms with Crippen LogP contribution in [0, 0.1) is 5.82 Å². The molecule has 1 rings (SSSR count). The molecule has 0 fully saturated rings. The quantitative estimate of drug-likeness (QED) is 0.723. The first-order valence-electron chi connectivity index (χ1n) is 4.03. The van der Waals surface area contributed by atoms with Crippen molar-refractivity contribution in [2.75, 3.05) is 11.9 Å². The summed E-state index contributed by atoms with van der Waals surface area (Å²) in [5.41, 5.74) is -0.0771. The van der Waals surface area contributed by atoms with Crippen molar-refractivity contribution in [3.8, 4) is 0 Å². The van der Waals surface area contributed by atoms with Crippen molar-refractivity contribution in [2.24, 2.45) is 0 Å². The van der Waals surface area contributed by atoms with E-state index in [1.54, 1.807) is 6.08 Å². The van der Waals surface area contributed by atoms with Crippen molar-refractivity contribution < 1.29 is 14.3 Å². The van der Waals surface area contributed by atoms with Gasteiger partial charge in [-0.1, -0.05) is 12.1 Å². The molecule has 0 saturated heterocycles. The summed E-state index contributed by atoms with van der Waals surface area (Å²) >= 11 is 0. The van der Waals surface area contributed by atoms with Gasteiger partial charge in [0, 0.05) is 6.54 Å². The topological polar surface area (TPSA) is 49.3 Å². The Morgan fingerprint density at radius 2 is 2.36 bits per heavy atom. The molecule has 1 aromatic rings. The maximum atomic E-state index is 13.1. The van der Waals surface area contributed by atoms with E-state index >= 15 is 0 Å². The van der Waals surface area contributed by atoms with Crippen molar-refractivity contribution in [3.63, 3.8) is 0 Å². The number of carboxylic acid groups (broad SMARTS) is 1. The van der Waals surface area contributed by atoms with E-state index in [4.69, 9.17) is 5.11 Å². The minimum Gasteiger partial charge on any atom is -0.478 e. The predicted octanol–water partition coefficient (Wildman–Crippen LogP) is 2.12. The molecule has 2 N–H and O–H groups in total. The van der Waals surface area contributed by atoms with E-state index in [1.165, 1.54) is 12.1 Å². The number of carboxylic acids is 1. The molecule has 3 nitrogen and oxygen atoms in total. The lowest BCUT2D eigenvalue weighted by atomic mass is 10.1. The van der Waals surface area contributed by atoms with Crippen LogP contribution in [0.1, 0.15) is 10.4 Å². The molecule has 0 aliphatic rings. The highest BCUT2D eigenvalue weighted by Crippen LogP contribution is 2.18. The molecule has 0 aliphatic heterocycles. The van der Waals surface area contributed by atoms with Crippen molar-refractivity contribution in [3.05, 3.63) is 42.2 Å². The summed E-state index contributed by atoms with van der Waals surface area (Å²) in [6.07, 6.45) is 1.57. The molecule has 0 radical (unpaired) electrons. The van der Waals surface area contributed by atoms with Gasteiger partial charge in [0.15, 0.2) is 0 Å². The fourth-order valence-corrected chi connectivity index (χ4v) is 1.07. The number of hydrogen-bond donors (Lipinski definition) is 2. The fourth-order valence-electron chi connectivity index (χ4n) is 1.07. The Morgan fingerprint density at radius 3 is 2.93 bits per heavy atom. The number of rotatable bonds is 4. The maximum Gasteiger partial charge on any atom is 0.340 e. The number of carbonyl (C=O) groups is 1. The van der Waals surface area contributed by atoms with Gasteiger partial charge in [-0.3, -0.25) is 0 Å². The molecular weight excluding hydrogens is 185 g/mol. The Labute approximate surface area is 80.9 Å². The molecule has 0 bridgehead atoms. The van der Waals surface area contributed by atoms with Gasteiger partial charge in [0.1, 0.15) is 11.4 Å². The zero-order valence-corrected chi connectivity index (χ0v) is 7.46. The first kappa shape index (κ1) is 10.2. The summed E-state index contributed by atoms with van der Waals surface area (Å²) in [7, 11) is 0. The molecule has 0 heterocycles. The summed E-state index contributed by atoms with van der Waals surface area (Å²) in [6.45, 7) is 3.86. The summed E-state index contributed by atoms with van der Waals surface area (Å²) < 4.78 is 13.1. The molecule has 0 unspecified atom stereocenters. The third kappa shape index (κ3) is 2.10. The van der Waals surface area contributed by atoms with Gasteiger partial charge in [-0.05, 0) is 12.1 Å². The summed E-state index contributed by atoms with van der Waals surface area (Å²) in [4.78, 5) is 10.7. The van der Waals surface area contributed by atoms with Crippen LogP contribution in [0.25, 0.3) is 0 Å². The summed E-state index contributed by atoms with van der Waals surface area (Å²) in [6, 6.07) is 4.08. The standard InChI is InChI=1S/C10H10FNO2/c1-2-6-12-8-5-3-4-7(11)9(8)10(13)14/h2-5,12H,1,6H2,(H,13,14). The molecule has 14 heavy (non-hydrogen) atoms. The van der Waals surface area contributed by atoms with Gasteiger partial charge in [0.2, 0.25) is 0 Å². The average molecular weight is 195 g/mol. The van der Waals surface area contributed by atoms with Gasteiger partial charge in [-0.25, -0.2) is 9.18 Å². The van der Waals surface area contributed by atoms with E-state index in [-0.39, 0.29) is 11.3 Å². The highest BCUT2D eigenvalue weighted by atomic mass is 19.1. The number of halogens is 1. The van der Waals surface area contributed by atoms with Crippen molar-refractivity contribution in [1.82, 2.24) is 0 Å². The smallest absolute Gasteiger partial charge is 0.340 e. The molecule has 0 amide bonds. The van der Waals surface area contributed by atoms with Gasteiger partial charge in [-0.2, -0.15) is 0 Å². The Balaban J connectivity index is 3.07. The minimum absolute atomic E-state index is 0.261. The number of benzene rings is 1. The average Bonchev–Trinajstić information content (AvgIpc) is 2.14. The van der Waals surface area contributed by atoms with E-state index in [1.807, 2.05) is 0 Å². The minimum atomic E-state index is -1.28. The Kier molecular flexibility index (Phi) is 3.23. The van der Waals surface area contributed by atoms with Gasteiger partial charge < -0.3 is 10.4 Å². The second-order valence-corrected chi connectivity index (χ2v) is 2.64. The third-order valence-corrected chi connectivity index (χ3v) is 1.66. The van der Waals surface area contributed by atoms with Crippen molar-refractivity contribution >= 4 is 11.7 Å². The molecule has 0 aliphatic carbocycles. The molecule has 0 atom stereocenters. The molecular formula is C10H10FNO2. The van der Waals surface area contributed by atoms with Crippen LogP contribution in [-0.4, -0.2) is 17.6 Å². The molecule has 0 spiro atoms.